The Hall–Kier alpha value is -0.330. The number of likely N-dealkylation sites (tertiary alicyclic amines) is 1. The third-order valence-electron chi connectivity index (χ3n) is 3.69. The van der Waals surface area contributed by atoms with Crippen molar-refractivity contribution in [2.75, 3.05) is 19.6 Å². The summed E-state index contributed by atoms with van der Waals surface area (Å²) < 4.78 is 1.02. The maximum atomic E-state index is 12.5. The van der Waals surface area contributed by atoms with Gasteiger partial charge >= 0.3 is 0 Å². The topological polar surface area (TPSA) is 46.3 Å². The summed E-state index contributed by atoms with van der Waals surface area (Å²) in [6.45, 7) is 6.40. The molecule has 1 unspecified atom stereocenters. The van der Waals surface area contributed by atoms with Gasteiger partial charge in [-0.05, 0) is 60.0 Å². The summed E-state index contributed by atoms with van der Waals surface area (Å²) in [5, 5.41) is 0. The van der Waals surface area contributed by atoms with E-state index in [1.165, 1.54) is 0 Å². The van der Waals surface area contributed by atoms with Gasteiger partial charge in [0.1, 0.15) is 0 Å². The molecular weight excluding hydrogens is 375 g/mol. The minimum absolute atomic E-state index is 0. The molecule has 2 N–H and O–H groups in total. The standard InChI is InChI=1S/C14H19IN2O.ClH/c1-10-3-4-12(15)11(7-10)13(18)17-6-5-14(2,8-16)9-17;/h3-4,7H,5-6,8-9,16H2,1-2H3;1H. The molecule has 1 atom stereocenters. The molecule has 0 aliphatic carbocycles. The summed E-state index contributed by atoms with van der Waals surface area (Å²) >= 11 is 2.22. The number of nitrogens with two attached hydrogens (primary N) is 1. The largest absolute Gasteiger partial charge is 0.338 e. The molecule has 1 heterocycles. The quantitative estimate of drug-likeness (QED) is 0.784. The Balaban J connectivity index is 0.00000180. The Labute approximate surface area is 134 Å². The van der Waals surface area contributed by atoms with Crippen molar-refractivity contribution in [2.45, 2.75) is 20.3 Å². The van der Waals surface area contributed by atoms with E-state index in [0.717, 1.165) is 34.2 Å². The number of benzene rings is 1. The van der Waals surface area contributed by atoms with Gasteiger partial charge < -0.3 is 10.6 Å². The molecule has 1 aromatic carbocycles. The first-order valence-electron chi connectivity index (χ1n) is 6.21. The maximum absolute atomic E-state index is 12.5. The van der Waals surface area contributed by atoms with Crippen molar-refractivity contribution in [3.63, 3.8) is 0 Å². The van der Waals surface area contributed by atoms with Crippen molar-refractivity contribution >= 4 is 40.9 Å². The number of carbonyl (C=O) groups is 1. The molecule has 1 fully saturated rings. The number of rotatable bonds is 2. The van der Waals surface area contributed by atoms with Crippen LogP contribution in [-0.2, 0) is 0 Å². The number of aryl methyl sites for hydroxylation is 1. The highest BCUT2D eigenvalue weighted by Gasteiger charge is 2.35. The summed E-state index contributed by atoms with van der Waals surface area (Å²) in [6, 6.07) is 6.01. The van der Waals surface area contributed by atoms with Crippen molar-refractivity contribution in [1.82, 2.24) is 4.90 Å². The highest BCUT2D eigenvalue weighted by atomic mass is 127. The average Bonchev–Trinajstić information content (AvgIpc) is 2.75. The van der Waals surface area contributed by atoms with Crippen LogP contribution in [0.2, 0.25) is 0 Å². The van der Waals surface area contributed by atoms with Crippen LogP contribution in [-0.4, -0.2) is 30.4 Å². The molecule has 1 aliphatic rings. The van der Waals surface area contributed by atoms with E-state index < -0.39 is 0 Å². The molecule has 0 radical (unpaired) electrons. The lowest BCUT2D eigenvalue weighted by Crippen LogP contribution is -2.34. The summed E-state index contributed by atoms with van der Waals surface area (Å²) in [7, 11) is 0. The van der Waals surface area contributed by atoms with Crippen LogP contribution >= 0.6 is 35.0 Å². The van der Waals surface area contributed by atoms with Crippen molar-refractivity contribution in [2.24, 2.45) is 11.1 Å². The molecule has 5 heteroatoms. The summed E-state index contributed by atoms with van der Waals surface area (Å²) in [4.78, 5) is 14.4. The first-order chi connectivity index (χ1) is 8.45. The van der Waals surface area contributed by atoms with Crippen LogP contribution in [0.1, 0.15) is 29.3 Å². The zero-order valence-electron chi connectivity index (χ0n) is 11.3. The third kappa shape index (κ3) is 3.61. The smallest absolute Gasteiger partial charge is 0.254 e. The van der Waals surface area contributed by atoms with E-state index in [9.17, 15) is 4.79 Å². The molecule has 1 aromatic rings. The van der Waals surface area contributed by atoms with E-state index in [4.69, 9.17) is 5.73 Å². The van der Waals surface area contributed by atoms with Crippen LogP contribution in [0.15, 0.2) is 18.2 Å². The third-order valence-corrected chi connectivity index (χ3v) is 4.63. The van der Waals surface area contributed by atoms with Crippen LogP contribution < -0.4 is 5.73 Å². The summed E-state index contributed by atoms with van der Waals surface area (Å²) in [6.07, 6.45) is 0.998. The van der Waals surface area contributed by atoms with Crippen molar-refractivity contribution in [1.29, 1.82) is 0 Å². The number of amides is 1. The van der Waals surface area contributed by atoms with E-state index in [1.54, 1.807) is 0 Å². The Kier molecular flexibility index (Phi) is 5.65. The van der Waals surface area contributed by atoms with Crippen LogP contribution in [0, 0.1) is 15.9 Å². The Bertz CT molecular complexity index is 481. The number of hydrogen-bond acceptors (Lipinski definition) is 2. The van der Waals surface area contributed by atoms with Gasteiger partial charge in [0.2, 0.25) is 0 Å². The molecule has 0 spiro atoms. The van der Waals surface area contributed by atoms with Gasteiger partial charge in [-0.2, -0.15) is 0 Å². The summed E-state index contributed by atoms with van der Waals surface area (Å²) in [5.74, 6) is 0.139. The highest BCUT2D eigenvalue weighted by Crippen LogP contribution is 2.30. The average molecular weight is 395 g/mol. The lowest BCUT2D eigenvalue weighted by molar-refractivity contribution is 0.0775. The Morgan fingerprint density at radius 3 is 2.79 bits per heavy atom. The van der Waals surface area contributed by atoms with Gasteiger partial charge in [-0.3, -0.25) is 4.79 Å². The predicted molar refractivity (Wildman–Crippen MR) is 88.8 cm³/mol. The maximum Gasteiger partial charge on any atom is 0.254 e. The van der Waals surface area contributed by atoms with Gasteiger partial charge in [0.05, 0.1) is 5.56 Å². The lowest BCUT2D eigenvalue weighted by atomic mass is 9.90. The van der Waals surface area contributed by atoms with E-state index in [0.29, 0.717) is 6.54 Å². The highest BCUT2D eigenvalue weighted by molar-refractivity contribution is 14.1. The zero-order valence-corrected chi connectivity index (χ0v) is 14.3. The van der Waals surface area contributed by atoms with Crippen molar-refractivity contribution in [3.8, 4) is 0 Å². The molecule has 1 amide bonds. The predicted octanol–water partition coefficient (Wildman–Crippen LogP) is 2.83. The molecule has 1 aliphatic heterocycles. The minimum atomic E-state index is 0. The minimum Gasteiger partial charge on any atom is -0.338 e. The SMILES string of the molecule is Cc1ccc(I)c(C(=O)N2CCC(C)(CN)C2)c1.Cl. The summed E-state index contributed by atoms with van der Waals surface area (Å²) in [5.41, 5.74) is 7.81. The van der Waals surface area contributed by atoms with Crippen molar-refractivity contribution in [3.05, 3.63) is 32.9 Å². The van der Waals surface area contributed by atoms with Gasteiger partial charge in [-0.15, -0.1) is 12.4 Å². The van der Waals surface area contributed by atoms with Gasteiger partial charge in [0.15, 0.2) is 0 Å². The fourth-order valence-electron chi connectivity index (χ4n) is 2.34. The number of hydrogen-bond donors (Lipinski definition) is 1. The Morgan fingerprint density at radius 2 is 2.21 bits per heavy atom. The number of nitrogens with zero attached hydrogens (tertiary/aromatic N) is 1. The molecule has 0 bridgehead atoms. The number of carbonyl (C=O) groups excluding carboxylic acids is 1. The monoisotopic (exact) mass is 394 g/mol. The van der Waals surface area contributed by atoms with E-state index in [2.05, 4.69) is 29.5 Å². The molecule has 106 valence electrons. The van der Waals surface area contributed by atoms with Crippen LogP contribution in [0.4, 0.5) is 0 Å². The first kappa shape index (κ1) is 16.7. The molecule has 19 heavy (non-hydrogen) atoms. The molecule has 1 saturated heterocycles. The molecule has 3 nitrogen and oxygen atoms in total. The second kappa shape index (κ2) is 6.41. The fourth-order valence-corrected chi connectivity index (χ4v) is 2.90. The molecular formula is C14H20ClIN2O. The second-order valence-electron chi connectivity index (χ2n) is 5.47. The normalized spacial score (nSPS) is 22.2. The molecule has 0 saturated carbocycles. The fraction of sp³-hybridized carbons (Fsp3) is 0.500. The van der Waals surface area contributed by atoms with Crippen LogP contribution in [0.3, 0.4) is 0 Å². The number of halogens is 2. The van der Waals surface area contributed by atoms with Gasteiger partial charge in [-0.1, -0.05) is 18.6 Å². The van der Waals surface area contributed by atoms with Crippen LogP contribution in [0.5, 0.6) is 0 Å². The van der Waals surface area contributed by atoms with E-state index >= 15 is 0 Å². The molecule has 2 rings (SSSR count). The van der Waals surface area contributed by atoms with Gasteiger partial charge in [-0.25, -0.2) is 0 Å². The van der Waals surface area contributed by atoms with Crippen LogP contribution in [0.25, 0.3) is 0 Å². The second-order valence-corrected chi connectivity index (χ2v) is 6.64. The first-order valence-corrected chi connectivity index (χ1v) is 7.28. The zero-order chi connectivity index (χ0) is 13.3. The molecule has 0 aromatic heterocycles. The van der Waals surface area contributed by atoms with Gasteiger partial charge in [0, 0.05) is 16.7 Å². The van der Waals surface area contributed by atoms with Crippen molar-refractivity contribution < 1.29 is 4.79 Å². The van der Waals surface area contributed by atoms with E-state index in [-0.39, 0.29) is 23.7 Å². The lowest BCUT2D eigenvalue weighted by Gasteiger charge is -2.23. The van der Waals surface area contributed by atoms with Gasteiger partial charge in [0.25, 0.3) is 5.91 Å². The Morgan fingerprint density at radius 1 is 1.53 bits per heavy atom. The van der Waals surface area contributed by atoms with E-state index in [1.807, 2.05) is 30.0 Å².